The Hall–Kier alpha value is -5.10. The van der Waals surface area contributed by atoms with Gasteiger partial charge in [0.2, 0.25) is 0 Å². The Balaban J connectivity index is 1.36. The fourth-order valence-electron chi connectivity index (χ4n) is 4.89. The zero-order valence-corrected chi connectivity index (χ0v) is 25.7. The van der Waals surface area contributed by atoms with Crippen LogP contribution in [0.4, 0.5) is 10.6 Å². The van der Waals surface area contributed by atoms with E-state index in [1.807, 2.05) is 6.07 Å². The van der Waals surface area contributed by atoms with Crippen LogP contribution in [0.15, 0.2) is 62.4 Å². The molecule has 0 unspecified atom stereocenters. The summed E-state index contributed by atoms with van der Waals surface area (Å²) in [7, 11) is 0. The lowest BCUT2D eigenvalue weighted by Gasteiger charge is -2.27. The van der Waals surface area contributed by atoms with Crippen molar-refractivity contribution in [1.82, 2.24) is 14.6 Å². The summed E-state index contributed by atoms with van der Waals surface area (Å²) in [5, 5.41) is 18.2. The monoisotopic (exact) mass is 654 g/mol. The number of nitrogens with zero attached hydrogens (tertiary/aromatic N) is 3. The van der Waals surface area contributed by atoms with Gasteiger partial charge in [0.25, 0.3) is 0 Å². The van der Waals surface area contributed by atoms with Gasteiger partial charge >= 0.3 is 23.9 Å². The lowest BCUT2D eigenvalue weighted by atomic mass is 9.99. The Kier molecular flexibility index (Phi) is 9.71. The molecular formula is C30H34N6O11. The van der Waals surface area contributed by atoms with Crippen LogP contribution in [0.5, 0.6) is 0 Å². The van der Waals surface area contributed by atoms with E-state index < -0.39 is 60.5 Å². The summed E-state index contributed by atoms with van der Waals surface area (Å²) in [6, 6.07) is 10.9. The average molecular weight is 655 g/mol. The third-order valence-corrected chi connectivity index (χ3v) is 7.55. The van der Waals surface area contributed by atoms with Crippen molar-refractivity contribution in [3.05, 3.63) is 82.2 Å². The van der Waals surface area contributed by atoms with E-state index in [0.717, 1.165) is 11.9 Å². The van der Waals surface area contributed by atoms with Gasteiger partial charge in [-0.3, -0.25) is 20.6 Å². The van der Waals surface area contributed by atoms with Crippen LogP contribution in [0, 0.1) is 12.8 Å². The van der Waals surface area contributed by atoms with Crippen LogP contribution >= 0.6 is 0 Å². The molecule has 5 atom stereocenters. The van der Waals surface area contributed by atoms with Crippen LogP contribution in [0.3, 0.4) is 0 Å². The van der Waals surface area contributed by atoms with Crippen LogP contribution in [0.25, 0.3) is 5.52 Å². The maximum atomic E-state index is 12.9. The molecule has 1 fully saturated rings. The second-order valence-corrected chi connectivity index (χ2v) is 11.2. The zero-order valence-electron chi connectivity index (χ0n) is 25.7. The minimum atomic E-state index is -2.06. The quantitative estimate of drug-likeness (QED) is 0.129. The number of aryl methyl sites for hydroxylation is 1. The number of fused-ring (bicyclic) bond motifs is 1. The first-order valence-electron chi connectivity index (χ1n) is 14.5. The lowest BCUT2D eigenvalue weighted by molar-refractivity contribution is -0.162. The van der Waals surface area contributed by atoms with E-state index in [9.17, 15) is 24.3 Å². The topological polar surface area (TPSA) is 246 Å². The van der Waals surface area contributed by atoms with Gasteiger partial charge in [-0.05, 0) is 30.5 Å². The average Bonchev–Trinajstić information content (AvgIpc) is 3.69. The second-order valence-electron chi connectivity index (χ2n) is 11.2. The Bertz CT molecular complexity index is 1800. The molecule has 17 heteroatoms. The predicted molar refractivity (Wildman–Crippen MR) is 159 cm³/mol. The van der Waals surface area contributed by atoms with Gasteiger partial charge < -0.3 is 38.6 Å². The van der Waals surface area contributed by atoms with Gasteiger partial charge in [-0.2, -0.15) is 5.10 Å². The van der Waals surface area contributed by atoms with Crippen molar-refractivity contribution in [3.63, 3.8) is 0 Å². The molecule has 0 radical (unpaired) electrons. The molecule has 1 aliphatic heterocycles. The smallest absolute Gasteiger partial charge is 0.463 e. The van der Waals surface area contributed by atoms with Gasteiger partial charge in [-0.25, -0.2) is 19.1 Å². The maximum Gasteiger partial charge on any atom is 0.519 e. The molecule has 0 aliphatic carbocycles. The molecule has 0 spiro atoms. The third-order valence-electron chi connectivity index (χ3n) is 7.55. The number of ether oxygens (including phenoxy) is 4. The number of hydrogen-bond donors (Lipinski definition) is 4. The van der Waals surface area contributed by atoms with Crippen LogP contribution in [-0.4, -0.2) is 68.7 Å². The van der Waals surface area contributed by atoms with Crippen molar-refractivity contribution >= 4 is 29.4 Å². The third kappa shape index (κ3) is 7.17. The number of benzene rings is 1. The highest BCUT2D eigenvalue weighted by atomic mass is 16.6. The van der Waals surface area contributed by atoms with Crippen molar-refractivity contribution in [2.75, 3.05) is 11.9 Å². The summed E-state index contributed by atoms with van der Waals surface area (Å²) in [6.07, 6.45) is -4.15. The number of carbonyl (C=O) groups is 3. The number of nitrogens with two attached hydrogens (primary N) is 2. The van der Waals surface area contributed by atoms with E-state index in [0.29, 0.717) is 0 Å². The van der Waals surface area contributed by atoms with E-state index in [-0.39, 0.29) is 47.5 Å². The number of rotatable bonds is 11. The summed E-state index contributed by atoms with van der Waals surface area (Å²) < 4.78 is 33.1. The number of nitrogens with one attached hydrogen (secondary N) is 1. The summed E-state index contributed by atoms with van der Waals surface area (Å²) in [6.45, 7) is 4.13. The van der Waals surface area contributed by atoms with E-state index in [2.05, 4.69) is 15.4 Å². The van der Waals surface area contributed by atoms with Crippen LogP contribution in [0.2, 0.25) is 0 Å². The number of anilines is 1. The Morgan fingerprint density at radius 2 is 1.87 bits per heavy atom. The molecule has 1 amide bonds. The first-order chi connectivity index (χ1) is 22.4. The highest BCUT2D eigenvalue weighted by molar-refractivity contribution is 5.88. The second kappa shape index (κ2) is 13.7. The molecule has 1 aliphatic rings. The molecule has 47 heavy (non-hydrogen) atoms. The van der Waals surface area contributed by atoms with Gasteiger partial charge in [-0.1, -0.05) is 44.2 Å². The number of aliphatic hydroxyl groups excluding tert-OH is 1. The highest BCUT2D eigenvalue weighted by Gasteiger charge is 2.57. The van der Waals surface area contributed by atoms with Crippen molar-refractivity contribution in [3.8, 4) is 0 Å². The van der Waals surface area contributed by atoms with Crippen molar-refractivity contribution in [1.29, 1.82) is 0 Å². The Labute approximate surface area is 266 Å². The molecule has 250 valence electrons. The molecule has 5 rings (SSSR count). The Morgan fingerprint density at radius 1 is 1.13 bits per heavy atom. The SMILES string of the molecule is Cc1oc(=O)oc1COC(=O)Nc1ncnn2c([C@]3(N)O[C@H](COC(=O)Cc4ccccc4)[C@@H](OC(=O)[C@@H](N)C(C)C)[C@H]3O)ccc12. The fourth-order valence-corrected chi connectivity index (χ4v) is 4.89. The molecule has 6 N–H and O–H groups in total. The molecule has 0 bridgehead atoms. The molecular weight excluding hydrogens is 620 g/mol. The minimum Gasteiger partial charge on any atom is -0.463 e. The van der Waals surface area contributed by atoms with Crippen LogP contribution in [-0.2, 0) is 47.3 Å². The summed E-state index contributed by atoms with van der Waals surface area (Å²) in [4.78, 5) is 53.3. The first kappa shape index (κ1) is 33.3. The van der Waals surface area contributed by atoms with E-state index >= 15 is 0 Å². The van der Waals surface area contributed by atoms with Gasteiger partial charge in [0, 0.05) is 0 Å². The standard InChI is InChI=1S/C30H34N6O11/c1-15(2)23(31)27(39)46-24-20(13-42-22(37)11-17-7-5-4-6-8-17)47-30(32,25(24)38)21-10-9-18-26(33-14-34-36(18)21)35-28(40)43-12-19-16(3)44-29(41)45-19/h4-10,14-15,20,23-25,38H,11-13,31-32H2,1-3H3,(H,33,34,35,40)/t20-,23+,24-,25-,30+/m1/s1. The molecule has 3 aromatic heterocycles. The van der Waals surface area contributed by atoms with Gasteiger partial charge in [0.1, 0.15) is 36.7 Å². The van der Waals surface area contributed by atoms with E-state index in [4.69, 9.17) is 39.2 Å². The summed E-state index contributed by atoms with van der Waals surface area (Å²) in [5.74, 6) is -2.42. The molecule has 0 saturated carbocycles. The minimum absolute atomic E-state index is 0.00465. The molecule has 4 heterocycles. The number of hydrogen-bond acceptors (Lipinski definition) is 15. The van der Waals surface area contributed by atoms with E-state index in [1.54, 1.807) is 38.1 Å². The number of amides is 1. The van der Waals surface area contributed by atoms with Crippen LogP contribution < -0.4 is 22.6 Å². The van der Waals surface area contributed by atoms with Crippen molar-refractivity contribution in [2.45, 2.75) is 63.9 Å². The zero-order chi connectivity index (χ0) is 33.9. The molecule has 1 saturated heterocycles. The number of aliphatic hydroxyl groups is 1. The van der Waals surface area contributed by atoms with Gasteiger partial charge in [-0.15, -0.1) is 0 Å². The normalized spacial score (nSPS) is 21.5. The summed E-state index contributed by atoms with van der Waals surface area (Å²) in [5.41, 5.74) is 11.6. The number of carbonyl (C=O) groups excluding carboxylic acids is 3. The lowest BCUT2D eigenvalue weighted by Crippen LogP contribution is -2.51. The molecule has 17 nitrogen and oxygen atoms in total. The van der Waals surface area contributed by atoms with Crippen LogP contribution in [0.1, 0.15) is 36.6 Å². The van der Waals surface area contributed by atoms with E-state index in [1.165, 1.54) is 23.6 Å². The summed E-state index contributed by atoms with van der Waals surface area (Å²) >= 11 is 0. The van der Waals surface area contributed by atoms with Gasteiger partial charge in [0.15, 0.2) is 35.8 Å². The number of aromatic nitrogens is 3. The number of esters is 2. The first-order valence-corrected chi connectivity index (χ1v) is 14.5. The molecule has 4 aromatic rings. The predicted octanol–water partition coefficient (Wildman–Crippen LogP) is 0.885. The van der Waals surface area contributed by atoms with Crippen molar-refractivity contribution < 1.29 is 47.3 Å². The Morgan fingerprint density at radius 3 is 2.55 bits per heavy atom. The molecule has 1 aromatic carbocycles. The fraction of sp³-hybridized carbons (Fsp3) is 0.400. The highest BCUT2D eigenvalue weighted by Crippen LogP contribution is 2.38. The maximum absolute atomic E-state index is 12.9. The largest absolute Gasteiger partial charge is 0.519 e. The van der Waals surface area contributed by atoms with Gasteiger partial charge in [0.05, 0.1) is 12.1 Å². The van der Waals surface area contributed by atoms with Crippen molar-refractivity contribution in [2.24, 2.45) is 17.4 Å².